The summed E-state index contributed by atoms with van der Waals surface area (Å²) in [4.78, 5) is 6.42. The Morgan fingerprint density at radius 3 is 2.25 bits per heavy atom. The summed E-state index contributed by atoms with van der Waals surface area (Å²) >= 11 is 0. The number of halogens is 1. The molecule has 0 unspecified atom stereocenters. The number of imidazole rings is 1. The van der Waals surface area contributed by atoms with Crippen LogP contribution in [0.2, 0.25) is 0 Å². The van der Waals surface area contributed by atoms with E-state index in [-0.39, 0.29) is 43.8 Å². The molecule has 46 valence electrons. The quantitative estimate of drug-likeness (QED) is 0.512. The second kappa shape index (κ2) is 10.3. The zero-order valence-corrected chi connectivity index (χ0v) is 6.53. The van der Waals surface area contributed by atoms with E-state index in [1.807, 2.05) is 0 Å². The van der Waals surface area contributed by atoms with Gasteiger partial charge in [0.05, 0.1) is 6.33 Å². The van der Waals surface area contributed by atoms with Gasteiger partial charge in [-0.25, -0.2) is 4.98 Å². The topological polar surface area (TPSA) is 60.2 Å². The Morgan fingerprint density at radius 1 is 1.50 bits per heavy atom. The fourth-order valence-corrected chi connectivity index (χ4v) is 0.215. The van der Waals surface area contributed by atoms with Crippen LogP contribution in [0.25, 0.3) is 0 Å². The normalized spacial score (nSPS) is 5.00. The largest absolute Gasteiger partial charge is 2.00 e. The van der Waals surface area contributed by atoms with Crippen LogP contribution in [0.1, 0.15) is 2.85 Å². The average molecular weight is 149 g/mol. The summed E-state index contributed by atoms with van der Waals surface area (Å²) in [5.74, 6) is 0. The standard InChI is InChI=1S/C3H4N2.ClH.Mg.H2O.2H/c1-2-5-3-4-1;;;;;/h1-3H,(H,4,5);1H;;1H2;;/q;;+2;;2*-1. The summed E-state index contributed by atoms with van der Waals surface area (Å²) in [5, 5.41) is 0. The number of aromatic amines is 1. The van der Waals surface area contributed by atoms with Crippen molar-refractivity contribution in [3.05, 3.63) is 18.7 Å². The molecule has 0 saturated carbocycles. The molecule has 0 aliphatic carbocycles. The molecule has 0 aliphatic heterocycles. The molecule has 1 rings (SSSR count). The predicted molar refractivity (Wildman–Crippen MR) is 37.4 cm³/mol. The third-order valence-corrected chi connectivity index (χ3v) is 0.406. The number of hydrogen-bond donors (Lipinski definition) is 1. The molecule has 5 heteroatoms. The second-order valence-corrected chi connectivity index (χ2v) is 0.761. The van der Waals surface area contributed by atoms with Crippen molar-refractivity contribution >= 4 is 35.5 Å². The molecule has 0 aromatic carbocycles. The number of hydrogen-bond acceptors (Lipinski definition) is 1. The average Bonchev–Trinajstić information content (AvgIpc) is 1.76. The van der Waals surface area contributed by atoms with Gasteiger partial charge < -0.3 is 13.3 Å². The number of nitrogens with zero attached hydrogens (tertiary/aromatic N) is 1. The minimum atomic E-state index is 0. The number of aromatic nitrogens is 2. The summed E-state index contributed by atoms with van der Waals surface area (Å²) < 4.78 is 0. The van der Waals surface area contributed by atoms with Crippen LogP contribution in [0.3, 0.4) is 0 Å². The van der Waals surface area contributed by atoms with Gasteiger partial charge in [-0.05, 0) is 0 Å². The summed E-state index contributed by atoms with van der Waals surface area (Å²) in [6, 6.07) is 0. The molecular formula is C3H9ClMgN2O. The summed E-state index contributed by atoms with van der Waals surface area (Å²) in [7, 11) is 0. The molecule has 0 radical (unpaired) electrons. The van der Waals surface area contributed by atoms with E-state index in [0.717, 1.165) is 0 Å². The van der Waals surface area contributed by atoms with Crippen molar-refractivity contribution < 1.29 is 8.33 Å². The SMILES string of the molecule is Cl.O.[H-].[H-].[Mg+2].c1c[nH]cn1. The monoisotopic (exact) mass is 148 g/mol. The molecule has 1 heterocycles. The third-order valence-electron chi connectivity index (χ3n) is 0.406. The van der Waals surface area contributed by atoms with Crippen molar-refractivity contribution in [2.24, 2.45) is 0 Å². The first-order chi connectivity index (χ1) is 2.50. The Morgan fingerprint density at radius 2 is 2.12 bits per heavy atom. The predicted octanol–water partition coefficient (Wildman–Crippen LogP) is -0.149. The maximum Gasteiger partial charge on any atom is 2.00 e. The minimum Gasteiger partial charge on any atom is -1.00 e. The van der Waals surface area contributed by atoms with Crippen molar-refractivity contribution in [1.29, 1.82) is 0 Å². The van der Waals surface area contributed by atoms with Crippen molar-refractivity contribution in [3.8, 4) is 0 Å². The molecule has 0 bridgehead atoms. The van der Waals surface area contributed by atoms with Gasteiger partial charge in [0.2, 0.25) is 0 Å². The Balaban J connectivity index is -0.0000000167. The van der Waals surface area contributed by atoms with Crippen LogP contribution in [-0.2, 0) is 0 Å². The first-order valence-electron chi connectivity index (χ1n) is 1.43. The van der Waals surface area contributed by atoms with E-state index in [2.05, 4.69) is 9.97 Å². The van der Waals surface area contributed by atoms with Crippen LogP contribution in [0.5, 0.6) is 0 Å². The van der Waals surface area contributed by atoms with Crippen molar-refractivity contribution in [3.63, 3.8) is 0 Å². The number of H-pyrrole nitrogens is 1. The molecule has 0 fully saturated rings. The van der Waals surface area contributed by atoms with E-state index >= 15 is 0 Å². The molecule has 3 nitrogen and oxygen atoms in total. The van der Waals surface area contributed by atoms with Crippen LogP contribution in [0, 0.1) is 0 Å². The van der Waals surface area contributed by atoms with Gasteiger partial charge in [0.25, 0.3) is 0 Å². The van der Waals surface area contributed by atoms with E-state index in [1.54, 1.807) is 18.7 Å². The van der Waals surface area contributed by atoms with E-state index in [0.29, 0.717) is 0 Å². The maximum absolute atomic E-state index is 3.67. The molecular weight excluding hydrogens is 140 g/mol. The first-order valence-corrected chi connectivity index (χ1v) is 1.43. The molecule has 3 N–H and O–H groups in total. The molecule has 1 aromatic rings. The zero-order chi connectivity index (χ0) is 3.54. The van der Waals surface area contributed by atoms with Gasteiger partial charge in [0.15, 0.2) is 0 Å². The van der Waals surface area contributed by atoms with Crippen molar-refractivity contribution in [2.45, 2.75) is 0 Å². The van der Waals surface area contributed by atoms with E-state index < -0.39 is 0 Å². The van der Waals surface area contributed by atoms with Crippen LogP contribution >= 0.6 is 12.4 Å². The Kier molecular flexibility index (Phi) is 20.2. The van der Waals surface area contributed by atoms with Crippen LogP contribution in [0.4, 0.5) is 0 Å². The smallest absolute Gasteiger partial charge is 1.00 e. The van der Waals surface area contributed by atoms with Crippen LogP contribution < -0.4 is 0 Å². The van der Waals surface area contributed by atoms with Crippen LogP contribution in [0.15, 0.2) is 18.7 Å². The maximum atomic E-state index is 3.67. The summed E-state index contributed by atoms with van der Waals surface area (Å²) in [6.45, 7) is 0. The third kappa shape index (κ3) is 6.23. The van der Waals surface area contributed by atoms with Gasteiger partial charge >= 0.3 is 23.1 Å². The zero-order valence-electron chi connectivity index (χ0n) is 6.29. The number of nitrogens with one attached hydrogen (secondary N) is 1. The molecule has 8 heavy (non-hydrogen) atoms. The van der Waals surface area contributed by atoms with Gasteiger partial charge in [0, 0.05) is 12.4 Å². The summed E-state index contributed by atoms with van der Waals surface area (Å²) in [5.41, 5.74) is 0. The van der Waals surface area contributed by atoms with Gasteiger partial charge in [-0.3, -0.25) is 0 Å². The van der Waals surface area contributed by atoms with Gasteiger partial charge in [-0.15, -0.1) is 12.4 Å². The molecule has 0 saturated heterocycles. The second-order valence-electron chi connectivity index (χ2n) is 0.761. The van der Waals surface area contributed by atoms with Crippen molar-refractivity contribution in [2.75, 3.05) is 0 Å². The van der Waals surface area contributed by atoms with E-state index in [4.69, 9.17) is 0 Å². The fraction of sp³-hybridized carbons (Fsp3) is 0. The Hall–Kier alpha value is 0.226. The molecule has 0 amide bonds. The fourth-order valence-electron chi connectivity index (χ4n) is 0.215. The summed E-state index contributed by atoms with van der Waals surface area (Å²) in [6.07, 6.45) is 5.08. The molecule has 1 aromatic heterocycles. The van der Waals surface area contributed by atoms with Gasteiger partial charge in [-0.2, -0.15) is 0 Å². The van der Waals surface area contributed by atoms with E-state index in [9.17, 15) is 0 Å². The minimum absolute atomic E-state index is 0. The van der Waals surface area contributed by atoms with Crippen molar-refractivity contribution in [1.82, 2.24) is 9.97 Å². The molecule has 0 aliphatic rings. The van der Waals surface area contributed by atoms with Gasteiger partial charge in [0.1, 0.15) is 0 Å². The van der Waals surface area contributed by atoms with E-state index in [1.165, 1.54) is 0 Å². The Labute approximate surface area is 72.7 Å². The first kappa shape index (κ1) is 15.7. The Bertz CT molecular complexity index is 81.0. The van der Waals surface area contributed by atoms with Gasteiger partial charge in [-0.1, -0.05) is 0 Å². The molecule has 0 spiro atoms. The molecule has 0 atom stereocenters. The van der Waals surface area contributed by atoms with Crippen LogP contribution in [-0.4, -0.2) is 38.5 Å². The number of rotatable bonds is 0.